The van der Waals surface area contributed by atoms with Crippen molar-refractivity contribution in [3.8, 4) is 22.4 Å². The number of hydrogen-bond donors (Lipinski definition) is 0. The topological polar surface area (TPSA) is 26.0 Å². The summed E-state index contributed by atoms with van der Waals surface area (Å²) in [6.07, 6.45) is 0. The summed E-state index contributed by atoms with van der Waals surface area (Å²) in [7, 11) is 0. The monoisotopic (exact) mass is 577 g/mol. The maximum Gasteiger partial charge on any atom is 0.136 e. The molecule has 3 aromatic heterocycles. The predicted octanol–water partition coefficient (Wildman–Crippen LogP) is 12.1. The van der Waals surface area contributed by atoms with Crippen LogP contribution < -0.4 is 0 Å². The summed E-state index contributed by atoms with van der Waals surface area (Å²) in [5.74, 6) is 0. The number of nitrogens with zero attached hydrogens (tertiary/aromatic N) is 1. The van der Waals surface area contributed by atoms with Gasteiger partial charge in [-0.05, 0) is 69.1 Å². The van der Waals surface area contributed by atoms with E-state index >= 15 is 0 Å². The first-order valence-corrected chi connectivity index (χ1v) is 15.7. The van der Waals surface area contributed by atoms with E-state index in [1.165, 1.54) is 52.8 Å². The van der Waals surface area contributed by atoms with Crippen molar-refractivity contribution in [3.63, 3.8) is 0 Å². The van der Waals surface area contributed by atoms with Crippen molar-refractivity contribution >= 4 is 85.9 Å². The van der Waals surface area contributed by atoms with Crippen molar-refractivity contribution in [3.05, 3.63) is 140 Å². The lowest BCUT2D eigenvalue weighted by molar-refractivity contribution is 0.669. The van der Waals surface area contributed by atoms with Crippen LogP contribution in [0.2, 0.25) is 0 Å². The van der Waals surface area contributed by atoms with E-state index < -0.39 is 0 Å². The van der Waals surface area contributed by atoms with Crippen LogP contribution >= 0.6 is 11.3 Å². The summed E-state index contributed by atoms with van der Waals surface area (Å²) in [4.78, 5) is 5.45. The third-order valence-electron chi connectivity index (χ3n) is 9.04. The van der Waals surface area contributed by atoms with E-state index in [1.807, 2.05) is 23.5 Å². The molecule has 0 radical (unpaired) electrons. The van der Waals surface area contributed by atoms with Crippen molar-refractivity contribution in [1.82, 2.24) is 4.98 Å². The highest BCUT2D eigenvalue weighted by atomic mass is 32.1. The Morgan fingerprint density at radius 2 is 1.18 bits per heavy atom. The molecule has 0 saturated heterocycles. The van der Waals surface area contributed by atoms with Gasteiger partial charge in [-0.15, -0.1) is 11.3 Å². The zero-order valence-corrected chi connectivity index (χ0v) is 24.4. The van der Waals surface area contributed by atoms with E-state index in [0.717, 1.165) is 44.1 Å². The Labute approximate surface area is 256 Å². The van der Waals surface area contributed by atoms with Crippen molar-refractivity contribution in [2.75, 3.05) is 0 Å². The van der Waals surface area contributed by atoms with E-state index in [9.17, 15) is 0 Å². The molecule has 0 N–H and O–H groups in total. The zero-order chi connectivity index (χ0) is 28.8. The first-order valence-electron chi connectivity index (χ1n) is 14.9. The first-order chi connectivity index (χ1) is 21.8. The lowest BCUT2D eigenvalue weighted by atomic mass is 9.94. The molecule has 3 heterocycles. The Balaban J connectivity index is 1.31. The Morgan fingerprint density at radius 1 is 0.477 bits per heavy atom. The quantitative estimate of drug-likeness (QED) is 0.204. The molecular weight excluding hydrogens is 555 g/mol. The average molecular weight is 578 g/mol. The molecule has 0 fully saturated rings. The number of fused-ring (bicyclic) bond motifs is 11. The van der Waals surface area contributed by atoms with Crippen LogP contribution in [0.5, 0.6) is 0 Å². The average Bonchev–Trinajstić information content (AvgIpc) is 3.66. The van der Waals surface area contributed by atoms with Crippen molar-refractivity contribution in [1.29, 1.82) is 0 Å². The second-order valence-electron chi connectivity index (χ2n) is 11.5. The molecule has 3 heteroatoms. The normalized spacial score (nSPS) is 12.1. The van der Waals surface area contributed by atoms with Gasteiger partial charge in [0.05, 0.1) is 11.2 Å². The molecule has 10 aromatic rings. The number of rotatable bonds is 2. The molecule has 0 aliphatic rings. The summed E-state index contributed by atoms with van der Waals surface area (Å²) >= 11 is 1.86. The first kappa shape index (κ1) is 24.0. The Kier molecular flexibility index (Phi) is 4.90. The summed E-state index contributed by atoms with van der Waals surface area (Å²) in [6, 6.07) is 50.1. The minimum Gasteiger partial charge on any atom is -0.456 e. The van der Waals surface area contributed by atoms with Gasteiger partial charge in [-0.25, -0.2) is 4.98 Å². The van der Waals surface area contributed by atoms with Gasteiger partial charge >= 0.3 is 0 Å². The molecule has 0 amide bonds. The lowest BCUT2D eigenvalue weighted by Gasteiger charge is -2.13. The van der Waals surface area contributed by atoms with E-state index in [2.05, 4.69) is 127 Å². The van der Waals surface area contributed by atoms with E-state index in [4.69, 9.17) is 9.40 Å². The van der Waals surface area contributed by atoms with Crippen molar-refractivity contribution in [2.45, 2.75) is 0 Å². The van der Waals surface area contributed by atoms with Gasteiger partial charge in [-0.2, -0.15) is 0 Å². The molecule has 0 aliphatic heterocycles. The van der Waals surface area contributed by atoms with Crippen LogP contribution in [-0.2, 0) is 0 Å². The summed E-state index contributed by atoms with van der Waals surface area (Å²) in [5.41, 5.74) is 7.17. The molecule has 0 spiro atoms. The Bertz CT molecular complexity index is 2780. The minimum absolute atomic E-state index is 0.878. The number of thiophene rings is 1. The zero-order valence-electron chi connectivity index (χ0n) is 23.5. The predicted molar refractivity (Wildman–Crippen MR) is 188 cm³/mol. The van der Waals surface area contributed by atoms with Crippen LogP contribution in [0.1, 0.15) is 0 Å². The van der Waals surface area contributed by atoms with Crippen LogP contribution in [0.4, 0.5) is 0 Å². The van der Waals surface area contributed by atoms with Gasteiger partial charge in [0.25, 0.3) is 0 Å². The number of pyridine rings is 1. The molecule has 0 atom stereocenters. The van der Waals surface area contributed by atoms with Crippen LogP contribution in [0.25, 0.3) is 96.9 Å². The summed E-state index contributed by atoms with van der Waals surface area (Å²) in [6.45, 7) is 0. The molecule has 2 nitrogen and oxygen atoms in total. The molecule has 0 saturated carbocycles. The molecule has 44 heavy (non-hydrogen) atoms. The van der Waals surface area contributed by atoms with Crippen LogP contribution in [0.3, 0.4) is 0 Å². The molecule has 0 aliphatic carbocycles. The van der Waals surface area contributed by atoms with Crippen molar-refractivity contribution in [2.24, 2.45) is 0 Å². The largest absolute Gasteiger partial charge is 0.456 e. The van der Waals surface area contributed by atoms with E-state index in [1.54, 1.807) is 0 Å². The lowest BCUT2D eigenvalue weighted by Crippen LogP contribution is -1.91. The highest BCUT2D eigenvalue weighted by Crippen LogP contribution is 2.44. The molecule has 0 bridgehead atoms. The maximum atomic E-state index is 6.30. The highest BCUT2D eigenvalue weighted by molar-refractivity contribution is 7.26. The number of benzene rings is 7. The van der Waals surface area contributed by atoms with Gasteiger partial charge in [0.2, 0.25) is 0 Å². The second kappa shape index (κ2) is 9.00. The third kappa shape index (κ3) is 3.45. The van der Waals surface area contributed by atoms with Gasteiger partial charge in [-0.1, -0.05) is 103 Å². The van der Waals surface area contributed by atoms with Gasteiger partial charge in [0.1, 0.15) is 11.2 Å². The number of para-hydroxylation sites is 1. The summed E-state index contributed by atoms with van der Waals surface area (Å²) < 4.78 is 8.86. The van der Waals surface area contributed by atoms with Gasteiger partial charge < -0.3 is 4.42 Å². The molecular formula is C41H23NOS. The van der Waals surface area contributed by atoms with Crippen LogP contribution in [0.15, 0.2) is 144 Å². The second-order valence-corrected chi connectivity index (χ2v) is 12.6. The third-order valence-corrected chi connectivity index (χ3v) is 10.2. The number of aromatic nitrogens is 1. The van der Waals surface area contributed by atoms with Crippen molar-refractivity contribution < 1.29 is 4.42 Å². The Morgan fingerprint density at radius 3 is 2.11 bits per heavy atom. The highest BCUT2D eigenvalue weighted by Gasteiger charge is 2.18. The van der Waals surface area contributed by atoms with Gasteiger partial charge in [0.15, 0.2) is 0 Å². The van der Waals surface area contributed by atoms with E-state index in [0.29, 0.717) is 0 Å². The van der Waals surface area contributed by atoms with Gasteiger partial charge in [0, 0.05) is 41.9 Å². The fourth-order valence-electron chi connectivity index (χ4n) is 6.91. The maximum absolute atomic E-state index is 6.30. The molecule has 204 valence electrons. The van der Waals surface area contributed by atoms with Gasteiger partial charge in [-0.3, -0.25) is 0 Å². The standard InChI is InChI=1S/C41H23NOS/c1-2-9-26-21-27(14-13-24(26)7-1)34-23-35(28-16-17-31-30-11-5-6-12-36(30)43-37(31)22-28)42-40-32(34)19-20-38-39(40)33-18-15-25-8-3-4-10-29(25)41(33)44-38/h1-23H. The fourth-order valence-corrected chi connectivity index (χ4v) is 8.15. The Hall–Kier alpha value is -5.51. The van der Waals surface area contributed by atoms with Crippen LogP contribution in [0, 0.1) is 0 Å². The molecule has 7 aromatic carbocycles. The molecule has 10 rings (SSSR count). The smallest absolute Gasteiger partial charge is 0.136 e. The fraction of sp³-hybridized carbons (Fsp3) is 0. The SMILES string of the molecule is c1ccc2cc(-c3cc(-c4ccc5c(c4)oc4ccccc45)nc4c3ccc3sc5c6ccccc6ccc5c34)ccc2c1. The summed E-state index contributed by atoms with van der Waals surface area (Å²) in [5, 5.41) is 10.9. The number of furan rings is 1. The molecule has 0 unspecified atom stereocenters. The number of hydrogen-bond acceptors (Lipinski definition) is 3. The van der Waals surface area contributed by atoms with Crippen LogP contribution in [-0.4, -0.2) is 4.98 Å². The van der Waals surface area contributed by atoms with E-state index in [-0.39, 0.29) is 0 Å². The minimum atomic E-state index is 0.878.